The lowest BCUT2D eigenvalue weighted by molar-refractivity contribution is 0.445. The molecule has 0 amide bonds. The Morgan fingerprint density at radius 2 is 1.65 bits per heavy atom. The molecule has 0 saturated carbocycles. The van der Waals surface area contributed by atoms with Crippen LogP contribution in [-0.4, -0.2) is 25.8 Å². The molecule has 1 atom stereocenters. The largest absolute Gasteiger partial charge is 0.324 e. The molecule has 4 nitrogen and oxygen atoms in total. The van der Waals surface area contributed by atoms with E-state index < -0.39 is 10.0 Å². The van der Waals surface area contributed by atoms with E-state index in [1.807, 2.05) is 20.8 Å². The average Bonchev–Trinajstić information content (AvgIpc) is 2.30. The van der Waals surface area contributed by atoms with Gasteiger partial charge in [-0.1, -0.05) is 26.0 Å². The Bertz CT molecular complexity index is 448. The van der Waals surface area contributed by atoms with Crippen LogP contribution in [0.15, 0.2) is 29.2 Å². The van der Waals surface area contributed by atoms with Crippen molar-refractivity contribution in [3.05, 3.63) is 29.8 Å². The van der Waals surface area contributed by atoms with Gasteiger partial charge in [0.1, 0.15) is 0 Å². The van der Waals surface area contributed by atoms with Crippen LogP contribution in [0, 0.1) is 0 Å². The first-order chi connectivity index (χ1) is 7.93. The van der Waals surface area contributed by atoms with Gasteiger partial charge in [0.25, 0.3) is 0 Å². The van der Waals surface area contributed by atoms with E-state index in [0.29, 0.717) is 18.0 Å². The highest BCUT2D eigenvalue weighted by Crippen LogP contribution is 2.18. The minimum Gasteiger partial charge on any atom is -0.324 e. The van der Waals surface area contributed by atoms with E-state index in [1.54, 1.807) is 24.3 Å². The molecule has 0 radical (unpaired) electrons. The Labute approximate surface area is 103 Å². The molecule has 2 N–H and O–H groups in total. The van der Waals surface area contributed by atoms with Gasteiger partial charge in [-0.05, 0) is 24.6 Å². The van der Waals surface area contributed by atoms with Crippen LogP contribution in [-0.2, 0) is 10.0 Å². The topological polar surface area (TPSA) is 63.4 Å². The SMILES string of the molecule is CCN(CC)S(=O)(=O)c1ccc([C@@H](C)N)cc1. The van der Waals surface area contributed by atoms with Gasteiger partial charge in [-0.25, -0.2) is 8.42 Å². The number of rotatable bonds is 5. The number of nitrogens with zero attached hydrogens (tertiary/aromatic N) is 1. The van der Waals surface area contributed by atoms with Crippen LogP contribution in [0.2, 0.25) is 0 Å². The van der Waals surface area contributed by atoms with Gasteiger partial charge in [0.15, 0.2) is 0 Å². The lowest BCUT2D eigenvalue weighted by atomic mass is 10.1. The molecule has 0 spiro atoms. The van der Waals surface area contributed by atoms with E-state index in [9.17, 15) is 8.42 Å². The fourth-order valence-corrected chi connectivity index (χ4v) is 3.11. The van der Waals surface area contributed by atoms with E-state index in [2.05, 4.69) is 0 Å². The number of sulfonamides is 1. The molecule has 96 valence electrons. The fraction of sp³-hybridized carbons (Fsp3) is 0.500. The van der Waals surface area contributed by atoms with Gasteiger partial charge in [0.2, 0.25) is 10.0 Å². The maximum atomic E-state index is 12.2. The van der Waals surface area contributed by atoms with Crippen molar-refractivity contribution in [2.45, 2.75) is 31.7 Å². The van der Waals surface area contributed by atoms with Crippen molar-refractivity contribution in [1.82, 2.24) is 4.31 Å². The molecule has 1 rings (SSSR count). The van der Waals surface area contributed by atoms with Gasteiger partial charge in [-0.15, -0.1) is 0 Å². The summed E-state index contributed by atoms with van der Waals surface area (Å²) in [6, 6.07) is 6.68. The van der Waals surface area contributed by atoms with Crippen molar-refractivity contribution in [3.63, 3.8) is 0 Å². The van der Waals surface area contributed by atoms with Crippen LogP contribution in [0.25, 0.3) is 0 Å². The van der Waals surface area contributed by atoms with Crippen LogP contribution in [0.1, 0.15) is 32.4 Å². The second-order valence-electron chi connectivity index (χ2n) is 3.95. The molecule has 17 heavy (non-hydrogen) atoms. The number of hydrogen-bond donors (Lipinski definition) is 1. The summed E-state index contributed by atoms with van der Waals surface area (Å²) in [7, 11) is -3.35. The van der Waals surface area contributed by atoms with E-state index in [1.165, 1.54) is 4.31 Å². The highest BCUT2D eigenvalue weighted by molar-refractivity contribution is 7.89. The van der Waals surface area contributed by atoms with Crippen LogP contribution in [0.4, 0.5) is 0 Å². The van der Waals surface area contributed by atoms with Crippen LogP contribution < -0.4 is 5.73 Å². The van der Waals surface area contributed by atoms with Gasteiger partial charge >= 0.3 is 0 Å². The second kappa shape index (κ2) is 5.62. The summed E-state index contributed by atoms with van der Waals surface area (Å²) in [5, 5.41) is 0. The Morgan fingerprint density at radius 1 is 1.18 bits per heavy atom. The molecule has 0 heterocycles. The number of hydrogen-bond acceptors (Lipinski definition) is 3. The van der Waals surface area contributed by atoms with Gasteiger partial charge in [0.05, 0.1) is 4.90 Å². The molecule has 1 aromatic carbocycles. The van der Waals surface area contributed by atoms with Crippen LogP contribution in [0.3, 0.4) is 0 Å². The molecule has 0 fully saturated rings. The maximum absolute atomic E-state index is 12.2. The molecule has 1 aromatic rings. The first-order valence-electron chi connectivity index (χ1n) is 5.79. The number of nitrogens with two attached hydrogens (primary N) is 1. The molecular formula is C12H20N2O2S. The minimum atomic E-state index is -3.35. The quantitative estimate of drug-likeness (QED) is 0.872. The zero-order valence-electron chi connectivity index (χ0n) is 10.6. The summed E-state index contributed by atoms with van der Waals surface area (Å²) in [5.74, 6) is 0. The predicted octanol–water partition coefficient (Wildman–Crippen LogP) is 1.74. The third-order valence-electron chi connectivity index (χ3n) is 2.75. The Balaban J connectivity index is 3.08. The smallest absolute Gasteiger partial charge is 0.243 e. The predicted molar refractivity (Wildman–Crippen MR) is 69.2 cm³/mol. The highest BCUT2D eigenvalue weighted by Gasteiger charge is 2.21. The molecule has 0 aromatic heterocycles. The summed E-state index contributed by atoms with van der Waals surface area (Å²) < 4.78 is 25.8. The molecule has 0 saturated heterocycles. The molecule has 0 bridgehead atoms. The Hall–Kier alpha value is -0.910. The van der Waals surface area contributed by atoms with Crippen molar-refractivity contribution in [2.75, 3.05) is 13.1 Å². The summed E-state index contributed by atoms with van der Waals surface area (Å²) in [6.07, 6.45) is 0. The molecule has 0 aliphatic carbocycles. The lowest BCUT2D eigenvalue weighted by Gasteiger charge is -2.18. The van der Waals surface area contributed by atoms with Gasteiger partial charge in [0, 0.05) is 19.1 Å². The van der Waals surface area contributed by atoms with Gasteiger partial charge in [-0.2, -0.15) is 4.31 Å². The molecule has 0 aliphatic heterocycles. The minimum absolute atomic E-state index is 0.0831. The number of benzene rings is 1. The van der Waals surface area contributed by atoms with Crippen molar-refractivity contribution < 1.29 is 8.42 Å². The van der Waals surface area contributed by atoms with E-state index in [4.69, 9.17) is 5.73 Å². The molecule has 0 unspecified atom stereocenters. The first-order valence-corrected chi connectivity index (χ1v) is 7.23. The van der Waals surface area contributed by atoms with Crippen LogP contribution in [0.5, 0.6) is 0 Å². The van der Waals surface area contributed by atoms with Gasteiger partial charge < -0.3 is 5.73 Å². The fourth-order valence-electron chi connectivity index (χ4n) is 1.66. The Kier molecular flexibility index (Phi) is 4.68. The highest BCUT2D eigenvalue weighted by atomic mass is 32.2. The summed E-state index contributed by atoms with van der Waals surface area (Å²) >= 11 is 0. The summed E-state index contributed by atoms with van der Waals surface area (Å²) in [6.45, 7) is 6.49. The molecule has 0 aliphatic rings. The van der Waals surface area contributed by atoms with E-state index in [0.717, 1.165) is 5.56 Å². The van der Waals surface area contributed by atoms with Crippen molar-refractivity contribution in [1.29, 1.82) is 0 Å². The Morgan fingerprint density at radius 3 is 2.00 bits per heavy atom. The maximum Gasteiger partial charge on any atom is 0.243 e. The monoisotopic (exact) mass is 256 g/mol. The van der Waals surface area contributed by atoms with E-state index in [-0.39, 0.29) is 6.04 Å². The third-order valence-corrected chi connectivity index (χ3v) is 4.81. The zero-order chi connectivity index (χ0) is 13.1. The summed E-state index contributed by atoms with van der Waals surface area (Å²) in [5.41, 5.74) is 6.66. The first kappa shape index (κ1) is 14.2. The second-order valence-corrected chi connectivity index (χ2v) is 5.88. The van der Waals surface area contributed by atoms with Crippen molar-refractivity contribution in [3.8, 4) is 0 Å². The molecule has 5 heteroatoms. The van der Waals surface area contributed by atoms with Crippen LogP contribution >= 0.6 is 0 Å². The lowest BCUT2D eigenvalue weighted by Crippen LogP contribution is -2.30. The molecular weight excluding hydrogens is 236 g/mol. The summed E-state index contributed by atoms with van der Waals surface area (Å²) in [4.78, 5) is 0.325. The third kappa shape index (κ3) is 3.06. The zero-order valence-corrected chi connectivity index (χ0v) is 11.4. The van der Waals surface area contributed by atoms with Crippen molar-refractivity contribution >= 4 is 10.0 Å². The normalized spacial score (nSPS) is 13.9. The van der Waals surface area contributed by atoms with Crippen molar-refractivity contribution in [2.24, 2.45) is 5.73 Å². The van der Waals surface area contributed by atoms with Gasteiger partial charge in [-0.3, -0.25) is 0 Å². The van der Waals surface area contributed by atoms with E-state index >= 15 is 0 Å². The average molecular weight is 256 g/mol. The standard InChI is InChI=1S/C12H20N2O2S/c1-4-14(5-2)17(15,16)12-8-6-11(7-9-12)10(3)13/h6-10H,4-5,13H2,1-3H3/t10-/m1/s1.